The predicted octanol–water partition coefficient (Wildman–Crippen LogP) is 4.65. The number of benzene rings is 2. The highest BCUT2D eigenvalue weighted by Gasteiger charge is 2.12. The molecule has 0 saturated heterocycles. The fourth-order valence-corrected chi connectivity index (χ4v) is 3.70. The maximum Gasteiger partial charge on any atom is 0.255 e. The smallest absolute Gasteiger partial charge is 0.255 e. The van der Waals surface area contributed by atoms with Crippen LogP contribution in [0.3, 0.4) is 0 Å². The summed E-state index contributed by atoms with van der Waals surface area (Å²) in [6, 6.07) is 9.35. The standard InChI is InChI=1S/C15H11Br2N3O/c1-8-4-11(16)14(12(17)5-8)19-15(21)9-2-3-10-7-18-20-13(10)6-9/h2-7H,1H3,(H,18,20)(H,19,21). The van der Waals surface area contributed by atoms with Gasteiger partial charge in [0, 0.05) is 19.9 Å². The molecule has 2 N–H and O–H groups in total. The third-order valence-corrected chi connectivity index (χ3v) is 4.38. The Hall–Kier alpha value is -1.66. The van der Waals surface area contributed by atoms with Crippen LogP contribution in [0.4, 0.5) is 5.69 Å². The molecule has 0 unspecified atom stereocenters. The second kappa shape index (κ2) is 5.61. The number of carbonyl (C=O) groups is 1. The van der Waals surface area contributed by atoms with Gasteiger partial charge in [-0.1, -0.05) is 6.07 Å². The van der Waals surface area contributed by atoms with Gasteiger partial charge in [0.25, 0.3) is 5.91 Å². The van der Waals surface area contributed by atoms with Gasteiger partial charge in [-0.2, -0.15) is 5.10 Å². The van der Waals surface area contributed by atoms with Crippen molar-refractivity contribution in [2.24, 2.45) is 0 Å². The molecule has 0 spiro atoms. The summed E-state index contributed by atoms with van der Waals surface area (Å²) in [6.07, 6.45) is 1.73. The number of H-pyrrole nitrogens is 1. The Balaban J connectivity index is 1.92. The number of aromatic nitrogens is 2. The number of anilines is 1. The molecule has 2 aromatic carbocycles. The topological polar surface area (TPSA) is 57.8 Å². The molecule has 6 heteroatoms. The van der Waals surface area contributed by atoms with Crippen LogP contribution < -0.4 is 5.32 Å². The van der Waals surface area contributed by atoms with Crippen LogP contribution in [-0.4, -0.2) is 16.1 Å². The highest BCUT2D eigenvalue weighted by Crippen LogP contribution is 2.32. The summed E-state index contributed by atoms with van der Waals surface area (Å²) in [5, 5.41) is 10.7. The molecular weight excluding hydrogens is 398 g/mol. The van der Waals surface area contributed by atoms with Crippen LogP contribution in [0.1, 0.15) is 15.9 Å². The first-order valence-electron chi connectivity index (χ1n) is 6.25. The Morgan fingerprint density at radius 1 is 1.19 bits per heavy atom. The zero-order valence-corrected chi connectivity index (χ0v) is 14.2. The van der Waals surface area contributed by atoms with E-state index in [-0.39, 0.29) is 5.91 Å². The highest BCUT2D eigenvalue weighted by atomic mass is 79.9. The van der Waals surface area contributed by atoms with Crippen molar-refractivity contribution in [3.8, 4) is 0 Å². The maximum absolute atomic E-state index is 12.4. The lowest BCUT2D eigenvalue weighted by Crippen LogP contribution is -2.12. The summed E-state index contributed by atoms with van der Waals surface area (Å²) in [4.78, 5) is 12.4. The fourth-order valence-electron chi connectivity index (χ4n) is 2.08. The van der Waals surface area contributed by atoms with Crippen molar-refractivity contribution < 1.29 is 4.79 Å². The van der Waals surface area contributed by atoms with E-state index in [1.165, 1.54) is 0 Å². The predicted molar refractivity (Wildman–Crippen MR) is 90.6 cm³/mol. The third-order valence-electron chi connectivity index (χ3n) is 3.13. The lowest BCUT2D eigenvalue weighted by Gasteiger charge is -2.11. The maximum atomic E-state index is 12.4. The molecule has 0 aliphatic rings. The average Bonchev–Trinajstić information content (AvgIpc) is 2.89. The lowest BCUT2D eigenvalue weighted by atomic mass is 10.1. The fraction of sp³-hybridized carbons (Fsp3) is 0.0667. The molecule has 1 heterocycles. The Bertz CT molecular complexity index is 819. The van der Waals surface area contributed by atoms with E-state index in [2.05, 4.69) is 47.4 Å². The van der Waals surface area contributed by atoms with Gasteiger partial charge in [0.1, 0.15) is 0 Å². The summed E-state index contributed by atoms with van der Waals surface area (Å²) in [7, 11) is 0. The van der Waals surface area contributed by atoms with E-state index in [9.17, 15) is 4.79 Å². The van der Waals surface area contributed by atoms with E-state index in [0.29, 0.717) is 5.56 Å². The Labute approximate surface area is 138 Å². The summed E-state index contributed by atoms with van der Waals surface area (Å²) < 4.78 is 1.68. The third kappa shape index (κ3) is 2.87. The molecule has 106 valence electrons. The number of carbonyl (C=O) groups excluding carboxylic acids is 1. The van der Waals surface area contributed by atoms with E-state index in [1.54, 1.807) is 18.3 Å². The molecule has 1 amide bonds. The molecule has 0 aliphatic carbocycles. The first kappa shape index (κ1) is 14.3. The monoisotopic (exact) mass is 407 g/mol. The van der Waals surface area contributed by atoms with Crippen LogP contribution in [0.2, 0.25) is 0 Å². The quantitative estimate of drug-likeness (QED) is 0.648. The number of aromatic amines is 1. The first-order chi connectivity index (χ1) is 10.0. The van der Waals surface area contributed by atoms with Gasteiger partial charge >= 0.3 is 0 Å². The van der Waals surface area contributed by atoms with Gasteiger partial charge in [0.15, 0.2) is 0 Å². The van der Waals surface area contributed by atoms with Crippen LogP contribution in [0.25, 0.3) is 10.9 Å². The van der Waals surface area contributed by atoms with E-state index in [0.717, 1.165) is 31.1 Å². The molecule has 0 fully saturated rings. The number of amides is 1. The van der Waals surface area contributed by atoms with Crippen LogP contribution in [-0.2, 0) is 0 Å². The summed E-state index contributed by atoms with van der Waals surface area (Å²) in [5.41, 5.74) is 3.23. The minimum Gasteiger partial charge on any atom is -0.320 e. The molecule has 21 heavy (non-hydrogen) atoms. The molecule has 0 radical (unpaired) electrons. The number of halogens is 2. The van der Waals surface area contributed by atoms with Gasteiger partial charge in [-0.3, -0.25) is 9.89 Å². The number of hydrogen-bond acceptors (Lipinski definition) is 2. The zero-order chi connectivity index (χ0) is 15.0. The molecular formula is C15H11Br2N3O. The van der Waals surface area contributed by atoms with Gasteiger partial charge in [0.2, 0.25) is 0 Å². The van der Waals surface area contributed by atoms with Crippen LogP contribution in [0, 0.1) is 6.92 Å². The SMILES string of the molecule is Cc1cc(Br)c(NC(=O)c2ccc3cn[nH]c3c2)c(Br)c1. The number of nitrogens with one attached hydrogen (secondary N) is 2. The Kier molecular flexibility index (Phi) is 3.82. The van der Waals surface area contributed by atoms with Crippen molar-refractivity contribution >= 4 is 54.4 Å². The number of hydrogen-bond donors (Lipinski definition) is 2. The van der Waals surface area contributed by atoms with Crippen molar-refractivity contribution in [1.82, 2.24) is 10.2 Å². The number of fused-ring (bicyclic) bond motifs is 1. The zero-order valence-electron chi connectivity index (χ0n) is 11.1. The van der Waals surface area contributed by atoms with E-state index >= 15 is 0 Å². The van der Waals surface area contributed by atoms with E-state index < -0.39 is 0 Å². The molecule has 0 saturated carbocycles. The molecule has 4 nitrogen and oxygen atoms in total. The first-order valence-corrected chi connectivity index (χ1v) is 7.83. The average molecular weight is 409 g/mol. The number of rotatable bonds is 2. The second-order valence-electron chi connectivity index (χ2n) is 4.73. The summed E-state index contributed by atoms with van der Waals surface area (Å²) in [6.45, 7) is 1.99. The van der Waals surface area contributed by atoms with Crippen molar-refractivity contribution in [3.63, 3.8) is 0 Å². The lowest BCUT2D eigenvalue weighted by molar-refractivity contribution is 0.102. The van der Waals surface area contributed by atoms with Crippen molar-refractivity contribution in [2.45, 2.75) is 6.92 Å². The minimum atomic E-state index is -0.170. The molecule has 0 aliphatic heterocycles. The molecule has 3 aromatic rings. The van der Waals surface area contributed by atoms with Gasteiger partial charge in [0.05, 0.1) is 17.4 Å². The largest absolute Gasteiger partial charge is 0.320 e. The Morgan fingerprint density at radius 2 is 1.90 bits per heavy atom. The second-order valence-corrected chi connectivity index (χ2v) is 6.44. The summed E-state index contributed by atoms with van der Waals surface area (Å²) in [5.74, 6) is -0.170. The molecule has 3 rings (SSSR count). The van der Waals surface area contributed by atoms with Gasteiger partial charge in [-0.05, 0) is 68.6 Å². The van der Waals surface area contributed by atoms with Crippen LogP contribution >= 0.6 is 31.9 Å². The normalized spacial score (nSPS) is 10.8. The van der Waals surface area contributed by atoms with Crippen molar-refractivity contribution in [1.29, 1.82) is 0 Å². The molecule has 1 aromatic heterocycles. The number of nitrogens with zero attached hydrogens (tertiary/aromatic N) is 1. The van der Waals surface area contributed by atoms with Gasteiger partial charge < -0.3 is 5.32 Å². The van der Waals surface area contributed by atoms with Crippen LogP contribution in [0.15, 0.2) is 45.5 Å². The highest BCUT2D eigenvalue weighted by molar-refractivity contribution is 9.11. The van der Waals surface area contributed by atoms with E-state index in [4.69, 9.17) is 0 Å². The summed E-state index contributed by atoms with van der Waals surface area (Å²) >= 11 is 6.94. The van der Waals surface area contributed by atoms with Crippen LogP contribution in [0.5, 0.6) is 0 Å². The molecule has 0 atom stereocenters. The minimum absolute atomic E-state index is 0.170. The number of aryl methyl sites for hydroxylation is 1. The molecule has 0 bridgehead atoms. The van der Waals surface area contributed by atoms with Crippen molar-refractivity contribution in [3.05, 3.63) is 56.6 Å². The van der Waals surface area contributed by atoms with E-state index in [1.807, 2.05) is 25.1 Å². The van der Waals surface area contributed by atoms with Gasteiger partial charge in [-0.15, -0.1) is 0 Å². The van der Waals surface area contributed by atoms with Gasteiger partial charge in [-0.25, -0.2) is 0 Å². The van der Waals surface area contributed by atoms with Crippen molar-refractivity contribution in [2.75, 3.05) is 5.32 Å². The Morgan fingerprint density at radius 3 is 2.62 bits per heavy atom.